The predicted octanol–water partition coefficient (Wildman–Crippen LogP) is 2.44. The van der Waals surface area contributed by atoms with Gasteiger partial charge in [0.05, 0.1) is 6.61 Å². The molecule has 0 saturated carbocycles. The van der Waals surface area contributed by atoms with E-state index < -0.39 is 19.3 Å². The van der Waals surface area contributed by atoms with Crippen LogP contribution < -0.4 is 10.6 Å². The van der Waals surface area contributed by atoms with E-state index in [4.69, 9.17) is 23.1 Å². The zero-order valence-electron chi connectivity index (χ0n) is 9.75. The largest absolute Gasteiger partial charge is 0.405 e. The first kappa shape index (κ1) is 16.2. The van der Waals surface area contributed by atoms with Gasteiger partial charge in [-0.05, 0) is 18.2 Å². The number of nitrogens with two attached hydrogens (primary N) is 1. The van der Waals surface area contributed by atoms with E-state index in [-0.39, 0.29) is 17.2 Å². The molecule has 0 aliphatic rings. The van der Waals surface area contributed by atoms with Crippen molar-refractivity contribution < 1.29 is 18.3 Å². The summed E-state index contributed by atoms with van der Waals surface area (Å²) in [5.74, 6) is 0. The van der Waals surface area contributed by atoms with Crippen molar-refractivity contribution >= 4 is 38.8 Å². The van der Waals surface area contributed by atoms with Gasteiger partial charge in [-0.25, -0.2) is 0 Å². The Morgan fingerprint density at radius 3 is 2.53 bits per heavy atom. The molecule has 0 bridgehead atoms. The lowest BCUT2D eigenvalue weighted by Crippen LogP contribution is -2.37. The van der Waals surface area contributed by atoms with Crippen LogP contribution in [0.5, 0.6) is 0 Å². The molecule has 0 saturated heterocycles. The number of halogens is 4. The van der Waals surface area contributed by atoms with E-state index in [0.717, 1.165) is 4.90 Å². The first-order valence-corrected chi connectivity index (χ1v) is 6.46. The minimum Gasteiger partial charge on any atom is -0.395 e. The van der Waals surface area contributed by atoms with Gasteiger partial charge in [-0.3, -0.25) is 0 Å². The molecule has 0 amide bonds. The van der Waals surface area contributed by atoms with Crippen LogP contribution in [-0.2, 0) is 0 Å². The molecule has 1 aromatic rings. The van der Waals surface area contributed by atoms with Crippen LogP contribution in [-0.4, -0.2) is 36.0 Å². The Labute approximate surface area is 122 Å². The Bertz CT molecular complexity index is 468. The third-order valence-electron chi connectivity index (χ3n) is 2.31. The summed E-state index contributed by atoms with van der Waals surface area (Å²) in [6.07, 6.45) is -4.38. The number of rotatable bonds is 5. The van der Waals surface area contributed by atoms with Gasteiger partial charge < -0.3 is 15.7 Å². The van der Waals surface area contributed by atoms with Gasteiger partial charge in [-0.2, -0.15) is 13.2 Å². The van der Waals surface area contributed by atoms with Crippen LogP contribution in [0.1, 0.15) is 5.56 Å². The van der Waals surface area contributed by atoms with E-state index in [1.165, 1.54) is 6.07 Å². The summed E-state index contributed by atoms with van der Waals surface area (Å²) in [5.41, 5.74) is 6.10. The average molecular weight is 357 g/mol. The smallest absolute Gasteiger partial charge is 0.395 e. The maximum absolute atomic E-state index is 12.5. The van der Waals surface area contributed by atoms with Gasteiger partial charge in [0.15, 0.2) is 0 Å². The summed E-state index contributed by atoms with van der Waals surface area (Å²) in [6, 6.07) is 4.68. The fraction of sp³-hybridized carbons (Fsp3) is 0.364. The lowest BCUT2D eigenvalue weighted by Gasteiger charge is -2.27. The molecule has 106 valence electrons. The second-order valence-corrected chi connectivity index (χ2v) is 5.14. The fourth-order valence-electron chi connectivity index (χ4n) is 1.60. The van der Waals surface area contributed by atoms with Crippen molar-refractivity contribution in [3.8, 4) is 0 Å². The Kier molecular flexibility index (Phi) is 5.57. The van der Waals surface area contributed by atoms with Crippen molar-refractivity contribution in [3.05, 3.63) is 28.2 Å². The van der Waals surface area contributed by atoms with E-state index >= 15 is 0 Å². The first-order valence-electron chi connectivity index (χ1n) is 5.26. The predicted molar refractivity (Wildman–Crippen MR) is 75.4 cm³/mol. The molecule has 1 aromatic carbocycles. The molecule has 0 spiro atoms. The number of hydrogen-bond acceptors (Lipinski definition) is 3. The molecule has 19 heavy (non-hydrogen) atoms. The molecule has 0 fully saturated rings. The van der Waals surface area contributed by atoms with Crippen molar-refractivity contribution in [1.82, 2.24) is 0 Å². The zero-order chi connectivity index (χ0) is 14.6. The maximum atomic E-state index is 12.5. The summed E-state index contributed by atoms with van der Waals surface area (Å²) in [6.45, 7) is -1.75. The number of aliphatic hydroxyl groups is 1. The summed E-state index contributed by atoms with van der Waals surface area (Å²) in [4.78, 5) is 1.01. The number of anilines is 1. The van der Waals surface area contributed by atoms with Gasteiger partial charge in [0.2, 0.25) is 0 Å². The lowest BCUT2D eigenvalue weighted by atomic mass is 10.1. The van der Waals surface area contributed by atoms with Gasteiger partial charge in [0, 0.05) is 22.3 Å². The summed E-state index contributed by atoms with van der Waals surface area (Å²) in [7, 11) is 0. The van der Waals surface area contributed by atoms with Crippen LogP contribution in [0.2, 0.25) is 0 Å². The highest BCUT2D eigenvalue weighted by atomic mass is 79.9. The second kappa shape index (κ2) is 6.53. The molecular weight excluding hydrogens is 345 g/mol. The highest BCUT2D eigenvalue weighted by Crippen LogP contribution is 2.28. The first-order chi connectivity index (χ1) is 8.74. The third-order valence-corrected chi connectivity index (χ3v) is 3.02. The molecule has 0 aliphatic heterocycles. The van der Waals surface area contributed by atoms with Gasteiger partial charge >= 0.3 is 6.18 Å². The molecule has 0 aromatic heterocycles. The molecular formula is C11H12BrF3N2OS. The molecule has 0 atom stereocenters. The second-order valence-electron chi connectivity index (χ2n) is 3.79. The van der Waals surface area contributed by atoms with E-state index in [1.54, 1.807) is 12.1 Å². The zero-order valence-corrected chi connectivity index (χ0v) is 12.1. The molecule has 0 unspecified atom stereocenters. The minimum atomic E-state index is -4.38. The van der Waals surface area contributed by atoms with Crippen molar-refractivity contribution in [2.75, 3.05) is 24.6 Å². The van der Waals surface area contributed by atoms with E-state index in [9.17, 15) is 13.2 Å². The molecule has 3 nitrogen and oxygen atoms in total. The third kappa shape index (κ3) is 4.96. The normalized spacial score (nSPS) is 11.4. The molecule has 0 radical (unpaired) electrons. The maximum Gasteiger partial charge on any atom is 0.405 e. The number of thiocarbonyl (C=S) groups is 1. The van der Waals surface area contributed by atoms with Crippen LogP contribution >= 0.6 is 28.1 Å². The monoisotopic (exact) mass is 356 g/mol. The Morgan fingerprint density at radius 1 is 1.42 bits per heavy atom. The standard InChI is InChI=1S/C11H12BrF3N2OS/c12-7-1-2-8(10(16)19)9(5-7)17(3-4-18)6-11(13,14)15/h1-2,5,18H,3-4,6H2,(H2,16,19). The average Bonchev–Trinajstić information content (AvgIpc) is 2.26. The Hall–Kier alpha value is -0.860. The van der Waals surface area contributed by atoms with Crippen molar-refractivity contribution in [3.63, 3.8) is 0 Å². The van der Waals surface area contributed by atoms with Crippen LogP contribution in [0.25, 0.3) is 0 Å². The highest BCUT2D eigenvalue weighted by Gasteiger charge is 2.31. The molecule has 1 rings (SSSR count). The van der Waals surface area contributed by atoms with Gasteiger partial charge in [0.1, 0.15) is 11.5 Å². The van der Waals surface area contributed by atoms with Crippen LogP contribution in [0.15, 0.2) is 22.7 Å². The van der Waals surface area contributed by atoms with Crippen molar-refractivity contribution in [1.29, 1.82) is 0 Å². The topological polar surface area (TPSA) is 49.5 Å². The molecule has 0 aliphatic carbocycles. The quantitative estimate of drug-likeness (QED) is 0.795. The van der Waals surface area contributed by atoms with E-state index in [2.05, 4.69) is 15.9 Å². The fourth-order valence-corrected chi connectivity index (χ4v) is 2.12. The number of nitrogens with zero attached hydrogens (tertiary/aromatic N) is 1. The molecule has 8 heteroatoms. The molecule has 0 heterocycles. The Morgan fingerprint density at radius 2 is 2.05 bits per heavy atom. The highest BCUT2D eigenvalue weighted by molar-refractivity contribution is 9.10. The van der Waals surface area contributed by atoms with Crippen LogP contribution in [0, 0.1) is 0 Å². The number of benzene rings is 1. The number of aliphatic hydroxyl groups excluding tert-OH is 1. The Balaban J connectivity index is 3.20. The number of hydrogen-bond donors (Lipinski definition) is 2. The minimum absolute atomic E-state index is 0.00705. The van der Waals surface area contributed by atoms with Crippen LogP contribution in [0.3, 0.4) is 0 Å². The SMILES string of the molecule is NC(=S)c1ccc(Br)cc1N(CCO)CC(F)(F)F. The lowest BCUT2D eigenvalue weighted by molar-refractivity contribution is -0.119. The summed E-state index contributed by atoms with van der Waals surface area (Å²) < 4.78 is 38.3. The van der Waals surface area contributed by atoms with Crippen LogP contribution in [0.4, 0.5) is 18.9 Å². The van der Waals surface area contributed by atoms with Crippen molar-refractivity contribution in [2.24, 2.45) is 5.73 Å². The molecule has 3 N–H and O–H groups in total. The van der Waals surface area contributed by atoms with Gasteiger partial charge in [-0.15, -0.1) is 0 Å². The van der Waals surface area contributed by atoms with E-state index in [1.807, 2.05) is 0 Å². The summed E-state index contributed by atoms with van der Waals surface area (Å²) in [5, 5.41) is 8.91. The van der Waals surface area contributed by atoms with Gasteiger partial charge in [0.25, 0.3) is 0 Å². The van der Waals surface area contributed by atoms with E-state index in [0.29, 0.717) is 10.0 Å². The van der Waals surface area contributed by atoms with Gasteiger partial charge in [-0.1, -0.05) is 28.1 Å². The summed E-state index contributed by atoms with van der Waals surface area (Å²) >= 11 is 8.02. The van der Waals surface area contributed by atoms with Crippen molar-refractivity contribution in [2.45, 2.75) is 6.18 Å². The number of alkyl halides is 3.